The molecular formula is C14H27N3O2. The minimum Gasteiger partial charge on any atom is -0.342 e. The molecule has 1 heterocycles. The van der Waals surface area contributed by atoms with Gasteiger partial charge in [0.1, 0.15) is 5.54 Å². The molecule has 1 fully saturated rings. The van der Waals surface area contributed by atoms with Gasteiger partial charge in [0.05, 0.1) is 5.92 Å². The molecule has 5 heteroatoms. The van der Waals surface area contributed by atoms with Gasteiger partial charge in [-0.3, -0.25) is 9.59 Å². The molecule has 5 nitrogen and oxygen atoms in total. The maximum absolute atomic E-state index is 12.6. The number of carbonyl (C=O) groups is 2. The van der Waals surface area contributed by atoms with Crippen LogP contribution < -0.4 is 5.73 Å². The molecule has 0 aromatic heterocycles. The normalized spacial score (nSPS) is 20.9. The van der Waals surface area contributed by atoms with E-state index in [0.29, 0.717) is 25.6 Å². The van der Waals surface area contributed by atoms with Crippen LogP contribution in [0.15, 0.2) is 0 Å². The molecule has 1 aliphatic rings. The Kier molecular flexibility index (Phi) is 4.96. The summed E-state index contributed by atoms with van der Waals surface area (Å²) in [5.41, 5.74) is 4.97. The molecule has 0 bridgehead atoms. The molecule has 1 unspecified atom stereocenters. The van der Waals surface area contributed by atoms with E-state index in [1.54, 1.807) is 16.8 Å². The van der Waals surface area contributed by atoms with Crippen LogP contribution in [0.1, 0.15) is 34.1 Å². The Hall–Kier alpha value is -1.10. The highest BCUT2D eigenvalue weighted by molar-refractivity contribution is 5.92. The zero-order valence-corrected chi connectivity index (χ0v) is 12.8. The summed E-state index contributed by atoms with van der Waals surface area (Å²) in [5, 5.41) is 0. The average molecular weight is 269 g/mol. The third-order valence-corrected chi connectivity index (χ3v) is 3.86. The molecule has 0 spiro atoms. The molecule has 0 aromatic rings. The number of hydrogen-bond donors (Lipinski definition) is 1. The monoisotopic (exact) mass is 269 g/mol. The van der Waals surface area contributed by atoms with Crippen LogP contribution >= 0.6 is 0 Å². The first-order valence-corrected chi connectivity index (χ1v) is 6.99. The number of nitrogens with two attached hydrogens (primary N) is 1. The van der Waals surface area contributed by atoms with Crippen LogP contribution in [0.2, 0.25) is 0 Å². The summed E-state index contributed by atoms with van der Waals surface area (Å²) in [6.45, 7) is 9.30. The summed E-state index contributed by atoms with van der Waals surface area (Å²) in [4.78, 5) is 28.2. The van der Waals surface area contributed by atoms with Crippen molar-refractivity contribution >= 4 is 11.8 Å². The van der Waals surface area contributed by atoms with Crippen LogP contribution in [0.25, 0.3) is 0 Å². The Bertz CT molecular complexity index is 353. The van der Waals surface area contributed by atoms with Gasteiger partial charge in [0, 0.05) is 26.7 Å². The second kappa shape index (κ2) is 5.90. The first-order valence-electron chi connectivity index (χ1n) is 6.99. The van der Waals surface area contributed by atoms with Crippen LogP contribution in [0, 0.1) is 11.8 Å². The Morgan fingerprint density at radius 1 is 1.37 bits per heavy atom. The second-order valence-electron chi connectivity index (χ2n) is 6.34. The fourth-order valence-electron chi connectivity index (χ4n) is 2.69. The molecular weight excluding hydrogens is 242 g/mol. The molecule has 0 aromatic carbocycles. The van der Waals surface area contributed by atoms with Crippen LogP contribution in [-0.4, -0.2) is 53.8 Å². The average Bonchev–Trinajstić information content (AvgIpc) is 2.32. The Morgan fingerprint density at radius 3 is 2.42 bits per heavy atom. The zero-order valence-electron chi connectivity index (χ0n) is 12.8. The minimum absolute atomic E-state index is 0.00702. The highest BCUT2D eigenvalue weighted by atomic mass is 16.2. The molecule has 2 amide bonds. The SMILES string of the molecule is CC(C)CC(CN)C(=O)N1CCN(C)C(=O)C1(C)C. The fourth-order valence-corrected chi connectivity index (χ4v) is 2.69. The first-order chi connectivity index (χ1) is 8.71. The molecule has 1 aliphatic heterocycles. The van der Waals surface area contributed by atoms with Crippen molar-refractivity contribution in [2.24, 2.45) is 17.6 Å². The standard InChI is InChI=1S/C14H27N3O2/c1-10(2)8-11(9-15)12(18)17-7-6-16(5)13(19)14(17,3)4/h10-11H,6-9,15H2,1-5H3. The summed E-state index contributed by atoms with van der Waals surface area (Å²) < 4.78 is 0. The Balaban J connectivity index is 2.88. The lowest BCUT2D eigenvalue weighted by Crippen LogP contribution is -2.64. The molecule has 1 atom stereocenters. The van der Waals surface area contributed by atoms with Gasteiger partial charge in [-0.1, -0.05) is 13.8 Å². The summed E-state index contributed by atoms with van der Waals surface area (Å²) in [5.74, 6) is 0.245. The van der Waals surface area contributed by atoms with E-state index in [4.69, 9.17) is 5.73 Å². The van der Waals surface area contributed by atoms with Crippen molar-refractivity contribution in [2.75, 3.05) is 26.7 Å². The fraction of sp³-hybridized carbons (Fsp3) is 0.857. The predicted octanol–water partition coefficient (Wildman–Crippen LogP) is 0.687. The first kappa shape index (κ1) is 16.0. The van der Waals surface area contributed by atoms with Gasteiger partial charge in [0.25, 0.3) is 0 Å². The second-order valence-corrected chi connectivity index (χ2v) is 6.34. The van der Waals surface area contributed by atoms with E-state index in [1.165, 1.54) is 0 Å². The van der Waals surface area contributed by atoms with E-state index in [9.17, 15) is 9.59 Å². The summed E-state index contributed by atoms with van der Waals surface area (Å²) >= 11 is 0. The Labute approximate surface area is 116 Å². The van der Waals surface area contributed by atoms with Gasteiger partial charge < -0.3 is 15.5 Å². The lowest BCUT2D eigenvalue weighted by Gasteiger charge is -2.46. The highest BCUT2D eigenvalue weighted by Crippen LogP contribution is 2.25. The molecule has 2 N–H and O–H groups in total. The topological polar surface area (TPSA) is 66.6 Å². The zero-order chi connectivity index (χ0) is 14.8. The lowest BCUT2D eigenvalue weighted by molar-refractivity contribution is -0.159. The molecule has 110 valence electrons. The van der Waals surface area contributed by atoms with Crippen LogP contribution in [0.5, 0.6) is 0 Å². The van der Waals surface area contributed by atoms with E-state index in [1.807, 2.05) is 13.8 Å². The van der Waals surface area contributed by atoms with Gasteiger partial charge in [-0.15, -0.1) is 0 Å². The number of piperazine rings is 1. The minimum atomic E-state index is -0.769. The van der Waals surface area contributed by atoms with Crippen molar-refractivity contribution in [1.82, 2.24) is 9.80 Å². The molecule has 19 heavy (non-hydrogen) atoms. The van der Waals surface area contributed by atoms with E-state index < -0.39 is 5.54 Å². The third kappa shape index (κ3) is 3.26. The molecule has 0 saturated carbocycles. The highest BCUT2D eigenvalue weighted by Gasteiger charge is 2.44. The van der Waals surface area contributed by atoms with Crippen molar-refractivity contribution in [1.29, 1.82) is 0 Å². The number of nitrogens with zero attached hydrogens (tertiary/aromatic N) is 2. The molecule has 1 rings (SSSR count). The lowest BCUT2D eigenvalue weighted by atomic mass is 9.91. The van der Waals surface area contributed by atoms with Crippen molar-refractivity contribution in [3.63, 3.8) is 0 Å². The predicted molar refractivity (Wildman–Crippen MR) is 75.4 cm³/mol. The number of likely N-dealkylation sites (N-methyl/N-ethyl adjacent to an activating group) is 1. The number of carbonyl (C=O) groups excluding carboxylic acids is 2. The van der Waals surface area contributed by atoms with Crippen molar-refractivity contribution < 1.29 is 9.59 Å². The van der Waals surface area contributed by atoms with Gasteiger partial charge in [0.2, 0.25) is 11.8 Å². The van der Waals surface area contributed by atoms with Crippen molar-refractivity contribution in [2.45, 2.75) is 39.7 Å². The maximum Gasteiger partial charge on any atom is 0.247 e. The van der Waals surface area contributed by atoms with E-state index in [-0.39, 0.29) is 17.7 Å². The van der Waals surface area contributed by atoms with Crippen LogP contribution in [0.3, 0.4) is 0 Å². The van der Waals surface area contributed by atoms with E-state index >= 15 is 0 Å². The van der Waals surface area contributed by atoms with Gasteiger partial charge >= 0.3 is 0 Å². The largest absolute Gasteiger partial charge is 0.342 e. The van der Waals surface area contributed by atoms with Crippen molar-refractivity contribution in [3.05, 3.63) is 0 Å². The molecule has 0 radical (unpaired) electrons. The molecule has 1 saturated heterocycles. The number of amides is 2. The number of rotatable bonds is 4. The summed E-state index contributed by atoms with van der Waals surface area (Å²) in [7, 11) is 1.78. The summed E-state index contributed by atoms with van der Waals surface area (Å²) in [6.07, 6.45) is 0.770. The van der Waals surface area contributed by atoms with Gasteiger partial charge in [-0.2, -0.15) is 0 Å². The number of hydrogen-bond acceptors (Lipinski definition) is 3. The van der Waals surface area contributed by atoms with E-state index in [2.05, 4.69) is 13.8 Å². The smallest absolute Gasteiger partial charge is 0.247 e. The third-order valence-electron chi connectivity index (χ3n) is 3.86. The van der Waals surface area contributed by atoms with Crippen molar-refractivity contribution in [3.8, 4) is 0 Å². The van der Waals surface area contributed by atoms with E-state index in [0.717, 1.165) is 6.42 Å². The van der Waals surface area contributed by atoms with Crippen LogP contribution in [0.4, 0.5) is 0 Å². The Morgan fingerprint density at radius 2 is 1.95 bits per heavy atom. The summed E-state index contributed by atoms with van der Waals surface area (Å²) in [6, 6.07) is 0. The quantitative estimate of drug-likeness (QED) is 0.816. The van der Waals surface area contributed by atoms with Gasteiger partial charge in [-0.05, 0) is 26.2 Å². The van der Waals surface area contributed by atoms with Crippen LogP contribution in [-0.2, 0) is 9.59 Å². The molecule has 0 aliphatic carbocycles. The maximum atomic E-state index is 12.6. The van der Waals surface area contributed by atoms with Gasteiger partial charge in [0.15, 0.2) is 0 Å². The van der Waals surface area contributed by atoms with Gasteiger partial charge in [-0.25, -0.2) is 0 Å².